The molecule has 1 saturated heterocycles. The SMILES string of the molecule is Cc1ccccc1CN1CCC(C(=O)NC(CC(C)C)c2ccccc2)CC1. The Morgan fingerprint density at radius 1 is 1.04 bits per heavy atom. The van der Waals surface area contributed by atoms with Crippen LogP contribution >= 0.6 is 0 Å². The minimum Gasteiger partial charge on any atom is -0.349 e. The van der Waals surface area contributed by atoms with Crippen LogP contribution in [0.4, 0.5) is 0 Å². The first-order valence-corrected chi connectivity index (χ1v) is 10.6. The van der Waals surface area contributed by atoms with Crippen molar-refractivity contribution in [2.24, 2.45) is 11.8 Å². The molecule has 1 unspecified atom stereocenters. The summed E-state index contributed by atoms with van der Waals surface area (Å²) in [5.74, 6) is 0.901. The Labute approximate surface area is 170 Å². The van der Waals surface area contributed by atoms with Crippen molar-refractivity contribution in [2.75, 3.05) is 13.1 Å². The number of piperidine rings is 1. The standard InChI is InChI=1S/C25H34N2O/c1-19(2)17-24(21-10-5-4-6-11-21)26-25(28)22-13-15-27(16-14-22)18-23-12-8-7-9-20(23)3/h4-12,19,22,24H,13-18H2,1-3H3,(H,26,28). The number of nitrogens with one attached hydrogen (secondary N) is 1. The van der Waals surface area contributed by atoms with Gasteiger partial charge in [-0.05, 0) is 61.9 Å². The smallest absolute Gasteiger partial charge is 0.223 e. The van der Waals surface area contributed by atoms with Crippen LogP contribution in [-0.4, -0.2) is 23.9 Å². The highest BCUT2D eigenvalue weighted by atomic mass is 16.1. The van der Waals surface area contributed by atoms with E-state index in [2.05, 4.69) is 79.5 Å². The van der Waals surface area contributed by atoms with E-state index >= 15 is 0 Å². The van der Waals surface area contributed by atoms with Gasteiger partial charge in [-0.3, -0.25) is 9.69 Å². The molecule has 0 bridgehead atoms. The molecule has 3 nitrogen and oxygen atoms in total. The molecule has 0 saturated carbocycles. The molecule has 0 aromatic heterocycles. The summed E-state index contributed by atoms with van der Waals surface area (Å²) < 4.78 is 0. The van der Waals surface area contributed by atoms with E-state index in [-0.39, 0.29) is 17.9 Å². The van der Waals surface area contributed by atoms with Crippen LogP contribution in [0.15, 0.2) is 54.6 Å². The third-order valence-corrected chi connectivity index (χ3v) is 5.84. The van der Waals surface area contributed by atoms with Gasteiger partial charge in [-0.2, -0.15) is 0 Å². The molecule has 0 aliphatic carbocycles. The average Bonchev–Trinajstić information content (AvgIpc) is 2.70. The topological polar surface area (TPSA) is 32.3 Å². The first kappa shape index (κ1) is 20.6. The zero-order chi connectivity index (χ0) is 19.9. The number of rotatable bonds is 7. The van der Waals surface area contributed by atoms with Crippen molar-refractivity contribution in [1.29, 1.82) is 0 Å². The molecule has 1 amide bonds. The van der Waals surface area contributed by atoms with Crippen molar-refractivity contribution in [3.63, 3.8) is 0 Å². The van der Waals surface area contributed by atoms with Crippen LogP contribution in [0.2, 0.25) is 0 Å². The van der Waals surface area contributed by atoms with Gasteiger partial charge >= 0.3 is 0 Å². The predicted octanol–water partition coefficient (Wildman–Crippen LogP) is 5.11. The Morgan fingerprint density at radius 2 is 1.68 bits per heavy atom. The summed E-state index contributed by atoms with van der Waals surface area (Å²) in [6.45, 7) is 9.58. The molecule has 2 aromatic rings. The van der Waals surface area contributed by atoms with E-state index in [1.54, 1.807) is 0 Å². The molecule has 28 heavy (non-hydrogen) atoms. The van der Waals surface area contributed by atoms with Crippen LogP contribution < -0.4 is 5.32 Å². The highest BCUT2D eigenvalue weighted by Crippen LogP contribution is 2.25. The number of nitrogens with zero attached hydrogens (tertiary/aromatic N) is 1. The second-order valence-corrected chi connectivity index (χ2v) is 8.58. The lowest BCUT2D eigenvalue weighted by Crippen LogP contribution is -2.41. The number of benzene rings is 2. The summed E-state index contributed by atoms with van der Waals surface area (Å²) in [5, 5.41) is 3.35. The van der Waals surface area contributed by atoms with Crippen molar-refractivity contribution >= 4 is 5.91 Å². The Balaban J connectivity index is 1.54. The molecule has 150 valence electrons. The van der Waals surface area contributed by atoms with Crippen molar-refractivity contribution < 1.29 is 4.79 Å². The molecule has 1 atom stereocenters. The summed E-state index contributed by atoms with van der Waals surface area (Å²) in [6.07, 6.45) is 2.86. The lowest BCUT2D eigenvalue weighted by molar-refractivity contribution is -0.127. The highest BCUT2D eigenvalue weighted by Gasteiger charge is 2.27. The van der Waals surface area contributed by atoms with Crippen LogP contribution in [0, 0.1) is 18.8 Å². The van der Waals surface area contributed by atoms with Crippen LogP contribution in [0.25, 0.3) is 0 Å². The van der Waals surface area contributed by atoms with Crippen LogP contribution in [0.3, 0.4) is 0 Å². The Kier molecular flexibility index (Phi) is 7.27. The number of likely N-dealkylation sites (tertiary alicyclic amines) is 1. The minimum atomic E-state index is 0.110. The number of amides is 1. The van der Waals surface area contributed by atoms with Crippen LogP contribution in [0.5, 0.6) is 0 Å². The normalized spacial score (nSPS) is 16.9. The largest absolute Gasteiger partial charge is 0.349 e. The van der Waals surface area contributed by atoms with Crippen molar-refractivity contribution in [3.8, 4) is 0 Å². The Morgan fingerprint density at radius 3 is 2.32 bits per heavy atom. The minimum absolute atomic E-state index is 0.110. The molecule has 2 aromatic carbocycles. The molecule has 1 fully saturated rings. The molecular weight excluding hydrogens is 344 g/mol. The molecule has 0 radical (unpaired) electrons. The first-order chi connectivity index (χ1) is 13.5. The Hall–Kier alpha value is -2.13. The summed E-state index contributed by atoms with van der Waals surface area (Å²) >= 11 is 0. The van der Waals surface area contributed by atoms with Gasteiger partial charge in [0.2, 0.25) is 5.91 Å². The fraction of sp³-hybridized carbons (Fsp3) is 0.480. The van der Waals surface area contributed by atoms with Crippen LogP contribution in [0.1, 0.15) is 55.8 Å². The zero-order valence-electron chi connectivity index (χ0n) is 17.5. The molecule has 1 aliphatic heterocycles. The van der Waals surface area contributed by atoms with Gasteiger partial charge in [-0.25, -0.2) is 0 Å². The number of aryl methyl sites for hydroxylation is 1. The maximum Gasteiger partial charge on any atom is 0.223 e. The summed E-state index contributed by atoms with van der Waals surface area (Å²) in [7, 11) is 0. The van der Waals surface area contributed by atoms with Gasteiger partial charge < -0.3 is 5.32 Å². The van der Waals surface area contributed by atoms with E-state index in [4.69, 9.17) is 0 Å². The molecule has 1 aliphatic rings. The van der Waals surface area contributed by atoms with Gasteiger partial charge in [-0.1, -0.05) is 68.4 Å². The van der Waals surface area contributed by atoms with Crippen molar-refractivity contribution in [2.45, 2.75) is 52.6 Å². The number of hydrogen-bond acceptors (Lipinski definition) is 2. The predicted molar refractivity (Wildman–Crippen MR) is 116 cm³/mol. The third-order valence-electron chi connectivity index (χ3n) is 5.84. The number of carbonyl (C=O) groups is 1. The summed E-state index contributed by atoms with van der Waals surface area (Å²) in [4.78, 5) is 15.4. The molecular formula is C25H34N2O. The quantitative estimate of drug-likeness (QED) is 0.726. The summed E-state index contributed by atoms with van der Waals surface area (Å²) in [5.41, 5.74) is 3.95. The third kappa shape index (κ3) is 5.68. The van der Waals surface area contributed by atoms with Gasteiger partial charge in [0, 0.05) is 12.5 Å². The summed E-state index contributed by atoms with van der Waals surface area (Å²) in [6, 6.07) is 19.1. The second-order valence-electron chi connectivity index (χ2n) is 8.58. The van der Waals surface area contributed by atoms with E-state index in [0.29, 0.717) is 5.92 Å². The van der Waals surface area contributed by atoms with E-state index < -0.39 is 0 Å². The second kappa shape index (κ2) is 9.88. The maximum absolute atomic E-state index is 13.0. The van der Waals surface area contributed by atoms with Gasteiger partial charge in [0.15, 0.2) is 0 Å². The highest BCUT2D eigenvalue weighted by molar-refractivity contribution is 5.79. The molecule has 3 rings (SSSR count). The molecule has 3 heteroatoms. The van der Waals surface area contributed by atoms with E-state index in [0.717, 1.165) is 38.9 Å². The van der Waals surface area contributed by atoms with Gasteiger partial charge in [-0.15, -0.1) is 0 Å². The van der Waals surface area contributed by atoms with Crippen molar-refractivity contribution in [1.82, 2.24) is 10.2 Å². The monoisotopic (exact) mass is 378 g/mol. The molecule has 1 N–H and O–H groups in total. The Bertz CT molecular complexity index is 748. The van der Waals surface area contributed by atoms with E-state index in [9.17, 15) is 4.79 Å². The molecule has 0 spiro atoms. The van der Waals surface area contributed by atoms with Crippen LogP contribution in [-0.2, 0) is 11.3 Å². The zero-order valence-corrected chi connectivity index (χ0v) is 17.5. The van der Waals surface area contributed by atoms with Gasteiger partial charge in [0.1, 0.15) is 0 Å². The fourth-order valence-corrected chi connectivity index (χ4v) is 4.11. The van der Waals surface area contributed by atoms with E-state index in [1.807, 2.05) is 6.07 Å². The van der Waals surface area contributed by atoms with Crippen molar-refractivity contribution in [3.05, 3.63) is 71.3 Å². The van der Waals surface area contributed by atoms with Gasteiger partial charge in [0.05, 0.1) is 6.04 Å². The lowest BCUT2D eigenvalue weighted by Gasteiger charge is -2.32. The van der Waals surface area contributed by atoms with E-state index in [1.165, 1.54) is 16.7 Å². The lowest BCUT2D eigenvalue weighted by atomic mass is 9.92. The molecule has 1 heterocycles. The maximum atomic E-state index is 13.0. The number of carbonyl (C=O) groups excluding carboxylic acids is 1. The fourth-order valence-electron chi connectivity index (χ4n) is 4.11. The average molecular weight is 379 g/mol. The first-order valence-electron chi connectivity index (χ1n) is 10.6. The number of hydrogen-bond donors (Lipinski definition) is 1. The van der Waals surface area contributed by atoms with Gasteiger partial charge in [0.25, 0.3) is 0 Å².